The van der Waals surface area contributed by atoms with Crippen LogP contribution in [0.1, 0.15) is 5.56 Å². The number of rotatable bonds is 2. The summed E-state index contributed by atoms with van der Waals surface area (Å²) >= 11 is 1.14. The van der Waals surface area contributed by atoms with Crippen LogP contribution in [0.3, 0.4) is 0 Å². The normalized spacial score (nSPS) is 20.7. The Morgan fingerprint density at radius 3 is 2.64 bits per heavy atom. The number of nitrogens with zero attached hydrogens (tertiary/aromatic N) is 1. The number of benzene rings is 1. The lowest BCUT2D eigenvalue weighted by Gasteiger charge is -2.10. The van der Waals surface area contributed by atoms with Crippen LogP contribution in [0.5, 0.6) is 5.75 Å². The van der Waals surface area contributed by atoms with E-state index in [0.717, 1.165) is 22.8 Å². The van der Waals surface area contributed by atoms with Crippen molar-refractivity contribution in [3.63, 3.8) is 0 Å². The van der Waals surface area contributed by atoms with Crippen LogP contribution in [0, 0.1) is 0 Å². The summed E-state index contributed by atoms with van der Waals surface area (Å²) < 4.78 is 5.02. The summed E-state index contributed by atoms with van der Waals surface area (Å²) in [5.74, 6) is 0.772. The molecule has 0 saturated carbocycles. The van der Waals surface area contributed by atoms with Crippen LogP contribution in [0.4, 0.5) is 0 Å². The molecule has 1 aromatic carbocycles. The van der Waals surface area contributed by atoms with Crippen molar-refractivity contribution in [3.05, 3.63) is 34.7 Å². The second-order valence-corrected chi connectivity index (χ2v) is 3.52. The molecule has 1 atom stereocenters. The van der Waals surface area contributed by atoms with Crippen molar-refractivity contribution in [2.45, 2.75) is 6.29 Å². The third-order valence-electron chi connectivity index (χ3n) is 1.89. The molecule has 0 aromatic heterocycles. The maximum atomic E-state index is 11.3. The Morgan fingerprint density at radius 2 is 2.14 bits per heavy atom. The van der Waals surface area contributed by atoms with Gasteiger partial charge in [-0.1, -0.05) is 4.89 Å². The molecule has 0 aliphatic carbocycles. The largest absolute Gasteiger partial charge is 0.781 e. The molecule has 14 heavy (non-hydrogen) atoms. The number of ether oxygens (including phenoxy) is 1. The van der Waals surface area contributed by atoms with Gasteiger partial charge in [-0.3, -0.25) is 0 Å². The molecule has 0 radical (unpaired) electrons. The molecule has 0 amide bonds. The predicted octanol–water partition coefficient (Wildman–Crippen LogP) is -0.270. The number of hydrogen-bond acceptors (Lipinski definition) is 2. The van der Waals surface area contributed by atoms with Gasteiger partial charge in [-0.05, 0) is 24.3 Å². The van der Waals surface area contributed by atoms with Crippen molar-refractivity contribution in [1.29, 1.82) is 0 Å². The van der Waals surface area contributed by atoms with Crippen LogP contribution in [-0.4, -0.2) is 23.1 Å². The quantitative estimate of drug-likeness (QED) is 0.384. The van der Waals surface area contributed by atoms with Crippen molar-refractivity contribution in [2.24, 2.45) is 0 Å². The van der Waals surface area contributed by atoms with E-state index in [0.29, 0.717) is 4.86 Å². The molecule has 74 valence electrons. The van der Waals surface area contributed by atoms with E-state index in [9.17, 15) is 5.11 Å². The SMILES string of the molecule is COc1ccc(C2=[S+][N-][OH+]C2[O-])cc1. The highest BCUT2D eigenvalue weighted by atomic mass is 32.1. The molecule has 1 aliphatic heterocycles. The standard InChI is InChI=1S/C9H9NO3S/c1-12-7-4-2-6(3-5-7)8-9(11)13-10-14-8/h2-5,9,13H,1H3. The van der Waals surface area contributed by atoms with E-state index in [1.165, 1.54) is 0 Å². The minimum atomic E-state index is -1.06. The third-order valence-corrected chi connectivity index (χ3v) is 2.70. The van der Waals surface area contributed by atoms with Gasteiger partial charge < -0.3 is 14.7 Å². The third kappa shape index (κ3) is 1.76. The molecule has 5 heteroatoms. The van der Waals surface area contributed by atoms with Crippen LogP contribution >= 0.6 is 0 Å². The Hall–Kier alpha value is -1.01. The van der Waals surface area contributed by atoms with Gasteiger partial charge in [0.25, 0.3) is 4.86 Å². The maximum Gasteiger partial charge on any atom is 0.263 e. The molecule has 1 aliphatic rings. The summed E-state index contributed by atoms with van der Waals surface area (Å²) in [6.45, 7) is 0. The van der Waals surface area contributed by atoms with Crippen molar-refractivity contribution in [3.8, 4) is 5.75 Å². The van der Waals surface area contributed by atoms with Crippen LogP contribution in [0.15, 0.2) is 24.3 Å². The first-order valence-corrected chi connectivity index (χ1v) is 4.83. The zero-order valence-corrected chi connectivity index (χ0v) is 8.32. The van der Waals surface area contributed by atoms with Crippen molar-refractivity contribution in [2.75, 3.05) is 7.11 Å². The predicted molar refractivity (Wildman–Crippen MR) is 53.8 cm³/mol. The van der Waals surface area contributed by atoms with Crippen LogP contribution in [-0.2, 0) is 11.5 Å². The van der Waals surface area contributed by atoms with Gasteiger partial charge >= 0.3 is 0 Å². The number of aliphatic hydroxyl groups is 1. The van der Waals surface area contributed by atoms with Crippen molar-refractivity contribution in [1.82, 2.24) is 0 Å². The van der Waals surface area contributed by atoms with Gasteiger partial charge in [0.15, 0.2) is 17.8 Å². The highest BCUT2D eigenvalue weighted by Crippen LogP contribution is 2.15. The summed E-state index contributed by atoms with van der Waals surface area (Å²) in [5.41, 5.74) is 0.862. The summed E-state index contributed by atoms with van der Waals surface area (Å²) in [5, 5.41) is 11.3. The Labute approximate surface area is 85.5 Å². The molecular weight excluding hydrogens is 202 g/mol. The second-order valence-electron chi connectivity index (χ2n) is 2.73. The monoisotopic (exact) mass is 211 g/mol. The van der Waals surface area contributed by atoms with Gasteiger partial charge in [-0.2, -0.15) is 0 Å². The molecule has 1 heterocycles. The van der Waals surface area contributed by atoms with Crippen LogP contribution < -0.4 is 9.84 Å². The molecule has 1 aromatic rings. The van der Waals surface area contributed by atoms with Gasteiger partial charge in [-0.25, -0.2) is 0 Å². The van der Waals surface area contributed by atoms with Crippen molar-refractivity contribution < 1.29 is 14.7 Å². The molecular formula is C9H9NO3S. The van der Waals surface area contributed by atoms with Gasteiger partial charge in [0, 0.05) is 5.56 Å². The number of methoxy groups -OCH3 is 1. The Balaban J connectivity index is 2.24. The van der Waals surface area contributed by atoms with E-state index in [2.05, 4.69) is 9.72 Å². The Morgan fingerprint density at radius 1 is 1.43 bits per heavy atom. The van der Waals surface area contributed by atoms with Gasteiger partial charge in [0.05, 0.1) is 7.11 Å². The fourth-order valence-corrected chi connectivity index (χ4v) is 1.76. The molecule has 2 rings (SSSR count). The average molecular weight is 211 g/mol. The zero-order valence-electron chi connectivity index (χ0n) is 7.51. The Kier molecular flexibility index (Phi) is 2.74. The van der Waals surface area contributed by atoms with E-state index >= 15 is 0 Å². The van der Waals surface area contributed by atoms with Crippen LogP contribution in [0.2, 0.25) is 0 Å². The fraction of sp³-hybridized carbons (Fsp3) is 0.222. The summed E-state index contributed by atoms with van der Waals surface area (Å²) in [6, 6.07) is 7.30. The first kappa shape index (κ1) is 9.54. The first-order valence-electron chi connectivity index (χ1n) is 4.05. The highest BCUT2D eigenvalue weighted by molar-refractivity contribution is 7.81. The first-order chi connectivity index (χ1) is 6.81. The zero-order chi connectivity index (χ0) is 9.97. The summed E-state index contributed by atoms with van der Waals surface area (Å²) in [7, 11) is 1.60. The van der Waals surface area contributed by atoms with E-state index < -0.39 is 6.29 Å². The van der Waals surface area contributed by atoms with Crippen LogP contribution in [0.25, 0.3) is 4.89 Å². The van der Waals surface area contributed by atoms with E-state index in [1.807, 2.05) is 24.3 Å². The number of hydrogen-bond donors (Lipinski definition) is 0. The molecule has 0 bridgehead atoms. The summed E-state index contributed by atoms with van der Waals surface area (Å²) in [6.07, 6.45) is -1.06. The smallest absolute Gasteiger partial charge is 0.263 e. The molecule has 0 saturated heterocycles. The minimum absolute atomic E-state index is 0.646. The maximum absolute atomic E-state index is 11.3. The highest BCUT2D eigenvalue weighted by Gasteiger charge is 2.23. The fourth-order valence-electron chi connectivity index (χ4n) is 1.16. The molecule has 0 fully saturated rings. The molecule has 4 nitrogen and oxygen atoms in total. The molecule has 1 N–H and O–H groups in total. The Bertz CT molecular complexity index is 350. The van der Waals surface area contributed by atoms with E-state index in [4.69, 9.17) is 4.74 Å². The lowest BCUT2D eigenvalue weighted by molar-refractivity contribution is -0.483. The topological polar surface area (TPSA) is 59.2 Å². The lowest BCUT2D eigenvalue weighted by atomic mass is 10.1. The molecule has 0 spiro atoms. The van der Waals surface area contributed by atoms with Gasteiger partial charge in [0.1, 0.15) is 5.75 Å². The second kappa shape index (κ2) is 4.02. The minimum Gasteiger partial charge on any atom is -0.781 e. The van der Waals surface area contributed by atoms with Gasteiger partial charge in [0.2, 0.25) is 0 Å². The van der Waals surface area contributed by atoms with E-state index in [-0.39, 0.29) is 0 Å². The molecule has 1 unspecified atom stereocenters. The van der Waals surface area contributed by atoms with Gasteiger partial charge in [-0.15, -0.1) is 0 Å². The van der Waals surface area contributed by atoms with Crippen molar-refractivity contribution >= 4 is 16.4 Å². The lowest BCUT2D eigenvalue weighted by Crippen LogP contribution is -2.35. The average Bonchev–Trinajstić information content (AvgIpc) is 2.65. The summed E-state index contributed by atoms with van der Waals surface area (Å²) in [4.78, 5) is 7.77. The van der Waals surface area contributed by atoms with E-state index in [1.54, 1.807) is 7.11 Å².